The van der Waals surface area contributed by atoms with Gasteiger partial charge in [-0.3, -0.25) is 14.4 Å². The van der Waals surface area contributed by atoms with Crippen molar-refractivity contribution < 1.29 is 33.1 Å². The van der Waals surface area contributed by atoms with E-state index in [4.69, 9.17) is 25.5 Å². The monoisotopic (exact) mass is 515 g/mol. The third-order valence-electron chi connectivity index (χ3n) is 5.31. The van der Waals surface area contributed by atoms with E-state index in [1.54, 1.807) is 44.4 Å². The van der Waals surface area contributed by atoms with Crippen molar-refractivity contribution in [2.45, 2.75) is 19.9 Å². The van der Waals surface area contributed by atoms with Gasteiger partial charge in [0.2, 0.25) is 0 Å². The largest absolute Gasteiger partial charge is 0.465 e. The van der Waals surface area contributed by atoms with E-state index in [0.717, 1.165) is 0 Å². The zero-order valence-corrected chi connectivity index (χ0v) is 20.8. The Morgan fingerprint density at radius 1 is 1.14 bits per heavy atom. The highest BCUT2D eigenvalue weighted by Gasteiger charge is 2.36. The number of rotatable bonds is 9. The summed E-state index contributed by atoms with van der Waals surface area (Å²) in [5.74, 6) is -2.08. The maximum atomic E-state index is 13.0. The fourth-order valence-electron chi connectivity index (χ4n) is 3.58. The number of benzene rings is 1. The molecule has 3 amide bonds. The number of furan rings is 1. The van der Waals surface area contributed by atoms with Gasteiger partial charge in [-0.05, 0) is 49.8 Å². The molecule has 0 radical (unpaired) electrons. The summed E-state index contributed by atoms with van der Waals surface area (Å²) in [4.78, 5) is 51.2. The van der Waals surface area contributed by atoms with Crippen molar-refractivity contribution in [1.82, 2.24) is 10.2 Å². The Morgan fingerprint density at radius 3 is 2.61 bits per heavy atom. The standard InChI is InChI=1S/C25H26ClN3O7/c1-15-21(25(33)35-3)20(24(32)29(15)10-5-11-34-2)13-18-8-9-19(36-18)14-27-22(30)23(31)28-17-7-4-6-16(26)12-17/h4,6-9,12-13H,5,10-11,14H2,1-3H3,(H,27,30)(H,28,31)/b20-13+. The van der Waals surface area contributed by atoms with Crippen LogP contribution in [-0.4, -0.2) is 56.0 Å². The van der Waals surface area contributed by atoms with Crippen LogP contribution in [0.4, 0.5) is 5.69 Å². The van der Waals surface area contributed by atoms with Gasteiger partial charge in [-0.2, -0.15) is 0 Å². The second-order valence-electron chi connectivity index (χ2n) is 7.76. The average Bonchev–Trinajstić information content (AvgIpc) is 3.40. The molecule has 0 saturated carbocycles. The van der Waals surface area contributed by atoms with Gasteiger partial charge in [0.1, 0.15) is 11.5 Å². The molecular weight excluding hydrogens is 490 g/mol. The van der Waals surface area contributed by atoms with Crippen LogP contribution in [0.2, 0.25) is 5.02 Å². The topological polar surface area (TPSA) is 127 Å². The first-order valence-corrected chi connectivity index (χ1v) is 11.4. The number of carbonyl (C=O) groups excluding carboxylic acids is 4. The van der Waals surface area contributed by atoms with E-state index in [9.17, 15) is 19.2 Å². The number of allylic oxidation sites excluding steroid dienone is 1. The normalized spacial score (nSPS) is 14.4. The SMILES string of the molecule is COCCCN1C(=O)/C(=C/c2ccc(CNC(=O)C(=O)Nc3cccc(Cl)c3)o2)C(C(=O)OC)=C1C. The summed E-state index contributed by atoms with van der Waals surface area (Å²) in [5.41, 5.74) is 1.17. The van der Waals surface area contributed by atoms with Crippen LogP contribution in [0.1, 0.15) is 24.9 Å². The molecule has 0 aliphatic carbocycles. The van der Waals surface area contributed by atoms with Gasteiger partial charge in [-0.15, -0.1) is 0 Å². The van der Waals surface area contributed by atoms with Crippen molar-refractivity contribution in [2.75, 3.05) is 32.7 Å². The molecule has 36 heavy (non-hydrogen) atoms. The third-order valence-corrected chi connectivity index (χ3v) is 5.55. The van der Waals surface area contributed by atoms with Crippen LogP contribution < -0.4 is 10.6 Å². The van der Waals surface area contributed by atoms with Crippen molar-refractivity contribution >= 4 is 47.1 Å². The Labute approximate surface area is 212 Å². The second-order valence-corrected chi connectivity index (χ2v) is 8.20. The van der Waals surface area contributed by atoms with Gasteiger partial charge in [0, 0.05) is 36.7 Å². The number of ether oxygens (including phenoxy) is 2. The number of halogens is 1. The molecule has 1 aliphatic rings. The highest BCUT2D eigenvalue weighted by Crippen LogP contribution is 2.32. The lowest BCUT2D eigenvalue weighted by Crippen LogP contribution is -2.34. The van der Waals surface area contributed by atoms with E-state index in [-0.39, 0.29) is 23.6 Å². The summed E-state index contributed by atoms with van der Waals surface area (Å²) in [6, 6.07) is 9.58. The van der Waals surface area contributed by atoms with Crippen molar-refractivity contribution in [1.29, 1.82) is 0 Å². The predicted molar refractivity (Wildman–Crippen MR) is 132 cm³/mol. The summed E-state index contributed by atoms with van der Waals surface area (Å²) in [5, 5.41) is 5.33. The van der Waals surface area contributed by atoms with Crippen LogP contribution >= 0.6 is 11.6 Å². The van der Waals surface area contributed by atoms with E-state index in [1.165, 1.54) is 24.2 Å². The molecule has 3 rings (SSSR count). The Bertz CT molecular complexity index is 1230. The third kappa shape index (κ3) is 6.41. The molecule has 190 valence electrons. The molecule has 2 N–H and O–H groups in total. The first kappa shape index (κ1) is 26.7. The number of hydrogen-bond acceptors (Lipinski definition) is 7. The molecule has 1 aromatic heterocycles. The van der Waals surface area contributed by atoms with Crippen LogP contribution in [0.25, 0.3) is 6.08 Å². The summed E-state index contributed by atoms with van der Waals surface area (Å²) in [7, 11) is 2.82. The van der Waals surface area contributed by atoms with Crippen molar-refractivity contribution in [3.63, 3.8) is 0 Å². The number of carbonyl (C=O) groups is 4. The smallest absolute Gasteiger partial charge is 0.340 e. The molecule has 1 aliphatic heterocycles. The minimum atomic E-state index is -0.865. The Kier molecular flexibility index (Phi) is 9.04. The molecule has 11 heteroatoms. The molecule has 0 unspecified atom stereocenters. The van der Waals surface area contributed by atoms with Crippen LogP contribution in [-0.2, 0) is 35.2 Å². The molecule has 0 bridgehead atoms. The highest BCUT2D eigenvalue weighted by atomic mass is 35.5. The van der Waals surface area contributed by atoms with E-state index >= 15 is 0 Å². The van der Waals surface area contributed by atoms with Gasteiger partial charge in [-0.25, -0.2) is 4.79 Å². The molecule has 0 atom stereocenters. The van der Waals surface area contributed by atoms with Crippen molar-refractivity contribution in [3.05, 3.63) is 69.8 Å². The molecule has 0 spiro atoms. The number of hydrogen-bond donors (Lipinski definition) is 2. The maximum absolute atomic E-state index is 13.0. The van der Waals surface area contributed by atoms with Gasteiger partial charge in [0.05, 0.1) is 24.8 Å². The summed E-state index contributed by atoms with van der Waals surface area (Å²) < 4.78 is 15.6. The Hall–Kier alpha value is -3.89. The second kappa shape index (κ2) is 12.2. The molecule has 1 aromatic carbocycles. The first-order chi connectivity index (χ1) is 17.2. The van der Waals surface area contributed by atoms with Crippen LogP contribution in [0.3, 0.4) is 0 Å². The lowest BCUT2D eigenvalue weighted by atomic mass is 10.1. The van der Waals surface area contributed by atoms with Gasteiger partial charge in [-0.1, -0.05) is 17.7 Å². The number of amides is 3. The minimum absolute atomic E-state index is 0.0687. The van der Waals surface area contributed by atoms with E-state index in [2.05, 4.69) is 10.6 Å². The summed E-state index contributed by atoms with van der Waals surface area (Å²) >= 11 is 5.87. The molecule has 2 aromatic rings. The lowest BCUT2D eigenvalue weighted by Gasteiger charge is -2.17. The summed E-state index contributed by atoms with van der Waals surface area (Å²) in [6.45, 7) is 2.45. The number of methoxy groups -OCH3 is 2. The Balaban J connectivity index is 1.68. The van der Waals surface area contributed by atoms with Crippen molar-refractivity contribution in [3.8, 4) is 0 Å². The molecule has 0 fully saturated rings. The fourth-order valence-corrected chi connectivity index (χ4v) is 3.77. The number of esters is 1. The lowest BCUT2D eigenvalue weighted by molar-refractivity contribution is -0.136. The Morgan fingerprint density at radius 2 is 1.92 bits per heavy atom. The number of nitrogens with zero attached hydrogens (tertiary/aromatic N) is 1. The molecule has 2 heterocycles. The van der Waals surface area contributed by atoms with Gasteiger partial charge >= 0.3 is 17.8 Å². The quantitative estimate of drug-likeness (QED) is 0.227. The first-order valence-electron chi connectivity index (χ1n) is 11.0. The minimum Gasteiger partial charge on any atom is -0.465 e. The van der Waals surface area contributed by atoms with Crippen LogP contribution in [0.5, 0.6) is 0 Å². The van der Waals surface area contributed by atoms with Crippen molar-refractivity contribution in [2.24, 2.45) is 0 Å². The van der Waals surface area contributed by atoms with Crippen LogP contribution in [0, 0.1) is 0 Å². The fraction of sp³-hybridized carbons (Fsp3) is 0.280. The van der Waals surface area contributed by atoms with Gasteiger partial charge < -0.3 is 29.4 Å². The predicted octanol–water partition coefficient (Wildman–Crippen LogP) is 2.90. The number of nitrogens with one attached hydrogen (secondary N) is 2. The van der Waals surface area contributed by atoms with Crippen LogP contribution in [0.15, 0.2) is 57.7 Å². The summed E-state index contributed by atoms with van der Waals surface area (Å²) in [6.07, 6.45) is 2.04. The molecule has 10 nitrogen and oxygen atoms in total. The molecule has 0 saturated heterocycles. The average molecular weight is 516 g/mol. The maximum Gasteiger partial charge on any atom is 0.340 e. The van der Waals surface area contributed by atoms with E-state index in [1.807, 2.05) is 0 Å². The van der Waals surface area contributed by atoms with Gasteiger partial charge in [0.15, 0.2) is 0 Å². The highest BCUT2D eigenvalue weighted by molar-refractivity contribution is 6.39. The zero-order valence-electron chi connectivity index (χ0n) is 20.1. The molecular formula is C25H26ClN3O7. The zero-order chi connectivity index (χ0) is 26.2. The van der Waals surface area contributed by atoms with Gasteiger partial charge in [0.25, 0.3) is 5.91 Å². The van der Waals surface area contributed by atoms with E-state index < -0.39 is 17.8 Å². The number of anilines is 1. The van der Waals surface area contributed by atoms with E-state index in [0.29, 0.717) is 47.5 Å².